The number of nitrogens with one attached hydrogen (secondary N) is 1. The number of aryl methyl sites for hydroxylation is 2. The maximum Gasteiger partial charge on any atom is 0.251 e. The molecule has 0 aliphatic carbocycles. The fourth-order valence-electron chi connectivity index (χ4n) is 2.59. The van der Waals surface area contributed by atoms with Crippen molar-refractivity contribution >= 4 is 5.91 Å². The van der Waals surface area contributed by atoms with Crippen molar-refractivity contribution in [2.45, 2.75) is 40.2 Å². The van der Waals surface area contributed by atoms with E-state index in [1.54, 1.807) is 12.1 Å². The molecule has 23 heavy (non-hydrogen) atoms. The number of carbonyl (C=O) groups is 1. The normalized spacial score (nSPS) is 11.8. The van der Waals surface area contributed by atoms with Gasteiger partial charge in [-0.2, -0.15) is 0 Å². The van der Waals surface area contributed by atoms with E-state index in [0.29, 0.717) is 12.2 Å². The van der Waals surface area contributed by atoms with Gasteiger partial charge in [0.15, 0.2) is 0 Å². The van der Waals surface area contributed by atoms with Crippen LogP contribution in [0, 0.1) is 13.8 Å². The average Bonchev–Trinajstić information content (AvgIpc) is 2.53. The van der Waals surface area contributed by atoms with E-state index in [9.17, 15) is 4.79 Å². The molecule has 1 N–H and O–H groups in total. The quantitative estimate of drug-likeness (QED) is 0.847. The lowest BCUT2D eigenvalue weighted by Crippen LogP contribution is -2.27. The molecule has 2 rings (SSSR count). The average molecular weight is 311 g/mol. The lowest BCUT2D eigenvalue weighted by atomic mass is 10.00. The van der Waals surface area contributed by atoms with E-state index in [4.69, 9.17) is 4.74 Å². The maximum absolute atomic E-state index is 12.4. The Hall–Kier alpha value is -2.29. The Kier molecular flexibility index (Phi) is 5.80. The van der Waals surface area contributed by atoms with Crippen LogP contribution in [0.5, 0.6) is 5.75 Å². The van der Waals surface area contributed by atoms with Crippen LogP contribution in [0.15, 0.2) is 42.5 Å². The predicted molar refractivity (Wildman–Crippen MR) is 94.0 cm³/mol. The Bertz CT molecular complexity index is 662. The molecule has 1 amide bonds. The summed E-state index contributed by atoms with van der Waals surface area (Å²) in [5, 5.41) is 3.06. The number of ether oxygens (including phenoxy) is 1. The standard InChI is InChI=1S/C20H25NO2/c1-5-12-23-18-9-7-17(8-10-18)20(22)21-16(4)19-11-6-14(2)13-15(19)3/h6-11,13,16H,5,12H2,1-4H3,(H,21,22). The topological polar surface area (TPSA) is 38.3 Å². The van der Waals surface area contributed by atoms with E-state index in [1.165, 1.54) is 11.1 Å². The summed E-state index contributed by atoms with van der Waals surface area (Å²) in [4.78, 5) is 12.4. The fourth-order valence-corrected chi connectivity index (χ4v) is 2.59. The van der Waals surface area contributed by atoms with Crippen LogP contribution in [0.25, 0.3) is 0 Å². The maximum atomic E-state index is 12.4. The zero-order valence-electron chi connectivity index (χ0n) is 14.3. The molecule has 0 aliphatic rings. The second-order valence-corrected chi connectivity index (χ2v) is 5.93. The molecule has 0 aliphatic heterocycles. The molecular weight excluding hydrogens is 286 g/mol. The van der Waals surface area contributed by atoms with Crippen molar-refractivity contribution in [3.05, 3.63) is 64.7 Å². The first-order valence-corrected chi connectivity index (χ1v) is 8.12. The minimum absolute atomic E-state index is 0.0286. The van der Waals surface area contributed by atoms with Crippen LogP contribution in [-0.2, 0) is 0 Å². The highest BCUT2D eigenvalue weighted by Crippen LogP contribution is 2.19. The summed E-state index contributed by atoms with van der Waals surface area (Å²) in [5.41, 5.74) is 4.21. The van der Waals surface area contributed by atoms with Crippen LogP contribution in [0.3, 0.4) is 0 Å². The van der Waals surface area contributed by atoms with Gasteiger partial charge in [-0.15, -0.1) is 0 Å². The summed E-state index contributed by atoms with van der Waals surface area (Å²) in [6.45, 7) is 8.91. The Morgan fingerprint density at radius 3 is 2.43 bits per heavy atom. The van der Waals surface area contributed by atoms with Crippen molar-refractivity contribution < 1.29 is 9.53 Å². The molecule has 0 saturated carbocycles. The summed E-state index contributed by atoms with van der Waals surface area (Å²) < 4.78 is 5.54. The molecule has 122 valence electrons. The van der Waals surface area contributed by atoms with Gasteiger partial charge in [0.05, 0.1) is 12.6 Å². The van der Waals surface area contributed by atoms with Gasteiger partial charge in [-0.05, 0) is 62.6 Å². The second kappa shape index (κ2) is 7.82. The summed E-state index contributed by atoms with van der Waals surface area (Å²) in [6, 6.07) is 13.5. The van der Waals surface area contributed by atoms with E-state index in [-0.39, 0.29) is 11.9 Å². The SMILES string of the molecule is CCCOc1ccc(C(=O)NC(C)c2ccc(C)cc2C)cc1. The van der Waals surface area contributed by atoms with E-state index >= 15 is 0 Å². The van der Waals surface area contributed by atoms with Crippen molar-refractivity contribution in [2.75, 3.05) is 6.61 Å². The molecule has 0 heterocycles. The number of rotatable bonds is 6. The summed E-state index contributed by atoms with van der Waals surface area (Å²) in [6.07, 6.45) is 0.968. The molecule has 3 nitrogen and oxygen atoms in total. The summed E-state index contributed by atoms with van der Waals surface area (Å²) in [7, 11) is 0. The van der Waals surface area contributed by atoms with Crippen molar-refractivity contribution in [3.63, 3.8) is 0 Å². The van der Waals surface area contributed by atoms with Crippen molar-refractivity contribution in [2.24, 2.45) is 0 Å². The van der Waals surface area contributed by atoms with Crippen LogP contribution in [0.4, 0.5) is 0 Å². The number of amides is 1. The van der Waals surface area contributed by atoms with Gasteiger partial charge in [-0.1, -0.05) is 30.7 Å². The molecule has 1 atom stereocenters. The van der Waals surface area contributed by atoms with Crippen LogP contribution >= 0.6 is 0 Å². The highest BCUT2D eigenvalue weighted by atomic mass is 16.5. The molecule has 0 saturated heterocycles. The van der Waals surface area contributed by atoms with Gasteiger partial charge in [-0.3, -0.25) is 4.79 Å². The third kappa shape index (κ3) is 4.59. The van der Waals surface area contributed by atoms with E-state index in [2.05, 4.69) is 44.3 Å². The predicted octanol–water partition coefficient (Wildman–Crippen LogP) is 4.58. The van der Waals surface area contributed by atoms with Crippen LogP contribution in [0.1, 0.15) is 53.4 Å². The van der Waals surface area contributed by atoms with Gasteiger partial charge < -0.3 is 10.1 Å². The van der Waals surface area contributed by atoms with E-state index in [1.807, 2.05) is 19.1 Å². The zero-order valence-corrected chi connectivity index (χ0v) is 14.3. The number of carbonyl (C=O) groups excluding carboxylic acids is 1. The van der Waals surface area contributed by atoms with Crippen LogP contribution in [-0.4, -0.2) is 12.5 Å². The number of benzene rings is 2. The zero-order chi connectivity index (χ0) is 16.8. The van der Waals surface area contributed by atoms with Gasteiger partial charge in [0.1, 0.15) is 5.75 Å². The van der Waals surface area contributed by atoms with E-state index < -0.39 is 0 Å². The fraction of sp³-hybridized carbons (Fsp3) is 0.350. The molecule has 3 heteroatoms. The highest BCUT2D eigenvalue weighted by Gasteiger charge is 2.13. The summed E-state index contributed by atoms with van der Waals surface area (Å²) in [5.74, 6) is 0.727. The monoisotopic (exact) mass is 311 g/mol. The van der Waals surface area contributed by atoms with Gasteiger partial charge in [0, 0.05) is 5.56 Å². The molecule has 2 aromatic rings. The minimum atomic E-state index is -0.0699. The van der Waals surface area contributed by atoms with Gasteiger partial charge in [0.25, 0.3) is 5.91 Å². The third-order valence-corrected chi connectivity index (χ3v) is 3.83. The molecule has 0 bridgehead atoms. The molecule has 0 spiro atoms. The second-order valence-electron chi connectivity index (χ2n) is 5.93. The van der Waals surface area contributed by atoms with Gasteiger partial charge in [0.2, 0.25) is 0 Å². The van der Waals surface area contributed by atoms with Gasteiger partial charge >= 0.3 is 0 Å². The first kappa shape index (κ1) is 17.1. The van der Waals surface area contributed by atoms with Crippen LogP contribution in [0.2, 0.25) is 0 Å². The smallest absolute Gasteiger partial charge is 0.251 e. The first-order chi connectivity index (χ1) is 11.0. The van der Waals surface area contributed by atoms with Crippen molar-refractivity contribution in [3.8, 4) is 5.75 Å². The van der Waals surface area contributed by atoms with Crippen molar-refractivity contribution in [1.29, 1.82) is 0 Å². The Labute approximate surface area is 138 Å². The number of hydrogen-bond donors (Lipinski definition) is 1. The largest absolute Gasteiger partial charge is 0.494 e. The lowest BCUT2D eigenvalue weighted by Gasteiger charge is -2.17. The molecule has 0 fully saturated rings. The minimum Gasteiger partial charge on any atom is -0.494 e. The molecule has 0 aromatic heterocycles. The van der Waals surface area contributed by atoms with Crippen molar-refractivity contribution in [1.82, 2.24) is 5.32 Å². The third-order valence-electron chi connectivity index (χ3n) is 3.83. The highest BCUT2D eigenvalue weighted by molar-refractivity contribution is 5.94. The Morgan fingerprint density at radius 1 is 1.13 bits per heavy atom. The lowest BCUT2D eigenvalue weighted by molar-refractivity contribution is 0.0940. The summed E-state index contributed by atoms with van der Waals surface area (Å²) >= 11 is 0. The Morgan fingerprint density at radius 2 is 1.83 bits per heavy atom. The molecule has 2 aromatic carbocycles. The van der Waals surface area contributed by atoms with E-state index in [0.717, 1.165) is 17.7 Å². The first-order valence-electron chi connectivity index (χ1n) is 8.12. The van der Waals surface area contributed by atoms with Crippen LogP contribution < -0.4 is 10.1 Å². The molecular formula is C20H25NO2. The Balaban J connectivity index is 2.03. The van der Waals surface area contributed by atoms with Gasteiger partial charge in [-0.25, -0.2) is 0 Å². The number of hydrogen-bond acceptors (Lipinski definition) is 2. The molecule has 1 unspecified atom stereocenters. The molecule has 0 radical (unpaired) electrons.